The van der Waals surface area contributed by atoms with Gasteiger partial charge in [-0.1, -0.05) is 74.2 Å². The second-order valence-electron chi connectivity index (χ2n) is 25.4. The maximum absolute atomic E-state index is 13.8. The van der Waals surface area contributed by atoms with Crippen LogP contribution in [0, 0.1) is 17.3 Å². The van der Waals surface area contributed by atoms with Crippen LogP contribution in [0.15, 0.2) is 36.4 Å². The zero-order valence-corrected chi connectivity index (χ0v) is 52.2. The number of nitrogens with one attached hydrogen (secondary N) is 2. The first kappa shape index (κ1) is 65.0. The van der Waals surface area contributed by atoms with Crippen molar-refractivity contribution >= 4 is 91.2 Å². The molecule has 2 aromatic carbocycles. The van der Waals surface area contributed by atoms with Gasteiger partial charge in [0.1, 0.15) is 29.5 Å². The minimum atomic E-state index is -3.78. The molecule has 85 heavy (non-hydrogen) atoms. The summed E-state index contributed by atoms with van der Waals surface area (Å²) in [5.74, 6) is -2.76. The molecule has 4 aliphatic heterocycles. The molecular formula is C57H77Cl2N7O17S2. The number of nitrogens with zero attached hydrogens (tertiary/aromatic N) is 4. The van der Waals surface area contributed by atoms with Crippen LogP contribution in [-0.2, 0) is 84.4 Å². The lowest BCUT2D eigenvalue weighted by Crippen LogP contribution is -2.47. The van der Waals surface area contributed by atoms with Crippen molar-refractivity contribution in [3.05, 3.63) is 68.7 Å². The SMILES string of the molecule is CC(C)(C)OC(=O)N1C[C@H](OC(=O)N2Cc3cccc(Cl)c3C2)C[C@H]1C(=O)O.CC[C@@H]1C[C@]1(CC(=O)[C@@H]1C[C@@H](OC(=O)N2Cc3cccc(Cl)c3C2)CN1C(=O)OC(C)(C)C)C(=O)NS(=O)(=O)C1CC1.CC[C@@H]1C[C@]1(N)C(=O)NS(=O)(=O)C1CC1. The van der Waals surface area contributed by atoms with E-state index in [1.54, 1.807) is 53.7 Å². The third kappa shape index (κ3) is 15.4. The van der Waals surface area contributed by atoms with E-state index in [1.807, 2.05) is 38.1 Å². The molecule has 0 aromatic heterocycles. The standard InChI is InChI=1S/C29H38ClN3O8S.C19H23ClN2O6.C9H16N2O3S/c1-5-18-12-29(18,25(35)31-42(38,39)20-9-10-20)13-24(34)23-11-19(15-33(23)27(37)41-28(2,3)4)40-26(36)32-14-17-7-6-8-22(30)21(17)16-32;1-19(2,3)28-18(26)22-9-12(7-15(22)16(23)24)27-17(25)21-8-11-5-4-6-14(20)13(11)10-21;1-2-6-5-9(6,10)8(12)11-15(13,14)7-3-4-7/h6-8,18-20,23H,5,9-16H2,1-4H3,(H,31,35);4-6,12,15H,7-10H2,1-3H3,(H,23,24);6-7H,2-5,10H2,1H3,(H,11,12)/t18-,19-,23+,29-;12-,15+;6-,9-/m111/s1. The van der Waals surface area contributed by atoms with Crippen molar-refractivity contribution in [2.45, 2.75) is 204 Å². The van der Waals surface area contributed by atoms with E-state index in [0.717, 1.165) is 33.6 Å². The Morgan fingerprint density at radius 1 is 0.624 bits per heavy atom. The van der Waals surface area contributed by atoms with Gasteiger partial charge in [0.2, 0.25) is 26.0 Å². The third-order valence-corrected chi connectivity index (χ3v) is 20.8. The van der Waals surface area contributed by atoms with E-state index in [-0.39, 0.29) is 49.4 Å². The van der Waals surface area contributed by atoms with Gasteiger partial charge in [-0.15, -0.1) is 0 Å². The average molecular weight is 1270 g/mol. The predicted molar refractivity (Wildman–Crippen MR) is 308 cm³/mol. The summed E-state index contributed by atoms with van der Waals surface area (Å²) in [5, 5.41) is 9.65. The van der Waals surface area contributed by atoms with Crippen LogP contribution in [0.4, 0.5) is 19.2 Å². The van der Waals surface area contributed by atoms with Crippen LogP contribution in [-0.4, -0.2) is 154 Å². The molecule has 2 aromatic rings. The molecule has 28 heteroatoms. The van der Waals surface area contributed by atoms with Crippen molar-refractivity contribution in [2.24, 2.45) is 23.0 Å². The van der Waals surface area contributed by atoms with Crippen LogP contribution in [0.1, 0.15) is 148 Å². The molecule has 2 saturated heterocycles. The number of carbonyl (C=O) groups is 8. The van der Waals surface area contributed by atoms with Gasteiger partial charge in [0, 0.05) is 42.4 Å². The summed E-state index contributed by atoms with van der Waals surface area (Å²) in [6, 6.07) is 8.87. The Morgan fingerprint density at radius 3 is 1.42 bits per heavy atom. The lowest BCUT2D eigenvalue weighted by atomic mass is 9.91. The third-order valence-electron chi connectivity index (χ3n) is 16.5. The monoisotopic (exact) mass is 1270 g/mol. The number of nitrogens with two attached hydrogens (primary N) is 1. The Kier molecular flexibility index (Phi) is 18.9. The van der Waals surface area contributed by atoms with Crippen LogP contribution in [0.5, 0.6) is 0 Å². The number of hydrogen-bond acceptors (Lipinski definition) is 17. The van der Waals surface area contributed by atoms with Crippen molar-refractivity contribution < 1.29 is 79.2 Å². The molecule has 4 heterocycles. The van der Waals surface area contributed by atoms with Crippen molar-refractivity contribution in [1.82, 2.24) is 29.0 Å². The van der Waals surface area contributed by atoms with Crippen LogP contribution in [0.3, 0.4) is 0 Å². The van der Waals surface area contributed by atoms with E-state index in [9.17, 15) is 60.3 Å². The molecule has 0 radical (unpaired) electrons. The number of sulfonamides is 2. The highest BCUT2D eigenvalue weighted by Gasteiger charge is 2.62. The van der Waals surface area contributed by atoms with Crippen LogP contribution < -0.4 is 15.2 Å². The first-order valence-electron chi connectivity index (χ1n) is 28.7. The minimum Gasteiger partial charge on any atom is -0.480 e. The molecule has 4 saturated carbocycles. The van der Waals surface area contributed by atoms with Crippen molar-refractivity contribution in [2.75, 3.05) is 13.1 Å². The van der Waals surface area contributed by atoms with Gasteiger partial charge in [0.05, 0.1) is 53.7 Å². The number of carboxylic acids is 1. The molecule has 6 amide bonds. The fourth-order valence-corrected chi connectivity index (χ4v) is 14.5. The lowest BCUT2D eigenvalue weighted by Gasteiger charge is -2.28. The molecular weight excluding hydrogens is 1190 g/mol. The number of aliphatic carboxylic acids is 1. The summed E-state index contributed by atoms with van der Waals surface area (Å²) >= 11 is 12.5. The van der Waals surface area contributed by atoms with Crippen molar-refractivity contribution in [1.29, 1.82) is 0 Å². The number of rotatable bonds is 14. The van der Waals surface area contributed by atoms with Gasteiger partial charge in [0.15, 0.2) is 5.78 Å². The number of likely N-dealkylation sites (tertiary alicyclic amines) is 2. The van der Waals surface area contributed by atoms with Crippen molar-refractivity contribution in [3.63, 3.8) is 0 Å². The average Bonchev–Trinajstić information content (AvgIpc) is 1.68. The van der Waals surface area contributed by atoms with E-state index in [1.165, 1.54) is 14.7 Å². The van der Waals surface area contributed by atoms with Gasteiger partial charge < -0.3 is 29.8 Å². The number of carbonyl (C=O) groups excluding carboxylic acids is 7. The number of hydrogen-bond donors (Lipinski definition) is 4. The Labute approximate surface area is 505 Å². The second-order valence-corrected chi connectivity index (χ2v) is 30.1. The molecule has 8 atom stereocenters. The van der Waals surface area contributed by atoms with Crippen molar-refractivity contribution in [3.8, 4) is 0 Å². The number of halogens is 2. The molecule has 0 bridgehead atoms. The van der Waals surface area contributed by atoms with Gasteiger partial charge in [0.25, 0.3) is 5.91 Å². The van der Waals surface area contributed by atoms with E-state index in [0.29, 0.717) is 81.2 Å². The highest BCUT2D eigenvalue weighted by molar-refractivity contribution is 7.91. The van der Waals surface area contributed by atoms with Gasteiger partial charge >= 0.3 is 30.3 Å². The second kappa shape index (κ2) is 24.7. The summed E-state index contributed by atoms with van der Waals surface area (Å²) in [4.78, 5) is 107. The van der Waals surface area contributed by atoms with Gasteiger partial charge in [-0.2, -0.15) is 0 Å². The molecule has 0 unspecified atom stereocenters. The first-order valence-corrected chi connectivity index (χ1v) is 32.5. The summed E-state index contributed by atoms with van der Waals surface area (Å²) in [6.07, 6.45) is 0.443. The Morgan fingerprint density at radius 2 is 1.05 bits per heavy atom. The fraction of sp³-hybridized carbons (Fsp3) is 0.649. The molecule has 10 rings (SSSR count). The number of carboxylic acid groups (broad SMARTS) is 1. The van der Waals surface area contributed by atoms with Gasteiger partial charge in [-0.3, -0.25) is 43.4 Å². The summed E-state index contributed by atoms with van der Waals surface area (Å²) < 4.78 is 74.3. The minimum absolute atomic E-state index is 0.0157. The topological polar surface area (TPSA) is 325 Å². The first-order chi connectivity index (χ1) is 39.6. The Balaban J connectivity index is 0.000000187. The number of benzene rings is 2. The molecule has 8 aliphatic rings. The number of Topliss-reactive ketones (excluding diaryl/α,β-unsaturated/α-hetero) is 1. The quantitative estimate of drug-likeness (QED) is 0.137. The molecule has 4 aliphatic carbocycles. The lowest BCUT2D eigenvalue weighted by molar-refractivity contribution is -0.142. The largest absolute Gasteiger partial charge is 0.480 e. The summed E-state index contributed by atoms with van der Waals surface area (Å²) in [5.41, 5.74) is 5.74. The van der Waals surface area contributed by atoms with Gasteiger partial charge in [-0.25, -0.2) is 40.8 Å². The number of ketones is 1. The molecule has 24 nitrogen and oxygen atoms in total. The smallest absolute Gasteiger partial charge is 0.411 e. The van der Waals surface area contributed by atoms with Crippen LogP contribution >= 0.6 is 23.2 Å². The fourth-order valence-electron chi connectivity index (χ4n) is 11.2. The Hall–Kier alpha value is -5.96. The van der Waals surface area contributed by atoms with E-state index >= 15 is 0 Å². The summed E-state index contributed by atoms with van der Waals surface area (Å²) in [6.45, 7) is 15.3. The molecule has 0 spiro atoms. The van der Waals surface area contributed by atoms with Crippen LogP contribution in [0.25, 0.3) is 0 Å². The zero-order valence-electron chi connectivity index (χ0n) is 49.0. The highest BCUT2D eigenvalue weighted by Crippen LogP contribution is 2.58. The maximum atomic E-state index is 13.8. The number of ether oxygens (including phenoxy) is 4. The highest BCUT2D eigenvalue weighted by atomic mass is 35.5. The summed E-state index contributed by atoms with van der Waals surface area (Å²) in [7, 11) is -7.22. The van der Waals surface area contributed by atoms with E-state index < -0.39 is 120 Å². The molecule has 6 fully saturated rings. The van der Waals surface area contributed by atoms with E-state index in [4.69, 9.17) is 47.9 Å². The number of fused-ring (bicyclic) bond motifs is 2. The van der Waals surface area contributed by atoms with Crippen LogP contribution in [0.2, 0.25) is 10.0 Å². The normalized spacial score (nSPS) is 26.5. The zero-order chi connectivity index (χ0) is 62.5. The van der Waals surface area contributed by atoms with Gasteiger partial charge in [-0.05, 0) is 126 Å². The molecule has 468 valence electrons. The number of amides is 6. The maximum Gasteiger partial charge on any atom is 0.411 e. The molecule has 5 N–H and O–H groups in total. The van der Waals surface area contributed by atoms with E-state index in [2.05, 4.69) is 9.44 Å². The predicted octanol–water partition coefficient (Wildman–Crippen LogP) is 7.13. The Bertz CT molecular complexity index is 3220.